The summed E-state index contributed by atoms with van der Waals surface area (Å²) in [6.07, 6.45) is 3.08. The highest BCUT2D eigenvalue weighted by Crippen LogP contribution is 2.32. The minimum Gasteiger partial charge on any atom is -0.478 e. The number of likely N-dealkylation sites (tertiary alicyclic amines) is 1. The predicted molar refractivity (Wildman–Crippen MR) is 215 cm³/mol. The first-order valence-corrected chi connectivity index (χ1v) is 20.3. The second-order valence-corrected chi connectivity index (χ2v) is 16.7. The molecule has 0 spiro atoms. The molecule has 14 nitrogen and oxygen atoms in total. The number of hydrogen-bond donors (Lipinski definition) is 4. The number of Topliss-reactive ketones (excluding diaryl/α,β-unsaturated/α-hetero) is 3. The number of carbonyl (C=O) groups is 8. The van der Waals surface area contributed by atoms with Crippen molar-refractivity contribution in [1.29, 1.82) is 0 Å². The van der Waals surface area contributed by atoms with Crippen LogP contribution in [0.2, 0.25) is 5.02 Å². The van der Waals surface area contributed by atoms with Gasteiger partial charge in [0.2, 0.25) is 23.5 Å². The van der Waals surface area contributed by atoms with Gasteiger partial charge in [-0.1, -0.05) is 62.4 Å². The van der Waals surface area contributed by atoms with Gasteiger partial charge in [-0.25, -0.2) is 4.79 Å². The fraction of sp³-hybridized carbons (Fsp3) is 0.535. The van der Waals surface area contributed by atoms with Crippen LogP contribution in [0.25, 0.3) is 0 Å². The summed E-state index contributed by atoms with van der Waals surface area (Å²) in [5, 5.41) is 15.2. The van der Waals surface area contributed by atoms with E-state index in [1.54, 1.807) is 18.2 Å². The topological polar surface area (TPSA) is 219 Å². The lowest BCUT2D eigenvalue weighted by atomic mass is 9.82. The number of nitrogens with one attached hydrogen (secondary N) is 2. The Kier molecular flexibility index (Phi) is 16.3. The van der Waals surface area contributed by atoms with Gasteiger partial charge in [0.25, 0.3) is 5.91 Å². The smallest absolute Gasteiger partial charge is 0.335 e. The maximum Gasteiger partial charge on any atom is 0.335 e. The van der Waals surface area contributed by atoms with E-state index in [-0.39, 0.29) is 42.9 Å². The Morgan fingerprint density at radius 3 is 2.22 bits per heavy atom. The van der Waals surface area contributed by atoms with Gasteiger partial charge in [-0.05, 0) is 81.8 Å². The normalized spacial score (nSPS) is 18.7. The van der Waals surface area contributed by atoms with Crippen LogP contribution in [0, 0.1) is 11.8 Å². The standard InChI is InChI=1S/C43H55ClN4O10/c1-5-11-27(38(52)33(49)18-19-35(51)46-36(39(45)53)26-14-10-17-30(44)21-26)22-34(50)32-23-31(58-43(2,3)4)24-48(32)41(55)37(25-12-7-6-8-13-25)47-40(54)28-15-9-16-29(20-28)42(56)57/h9-10,14-17,20-21,25,27,31-32,36-37H,5-8,11-13,18-19,22-24H2,1-4H3,(H2,45,53)(H,46,51)(H,47,54)(H,56,57)/t27?,31-,32+,36?,37+/m1/s1. The van der Waals surface area contributed by atoms with Gasteiger partial charge in [0.15, 0.2) is 11.6 Å². The molecule has 2 aromatic rings. The van der Waals surface area contributed by atoms with Crippen molar-refractivity contribution in [2.24, 2.45) is 17.6 Å². The van der Waals surface area contributed by atoms with E-state index in [0.717, 1.165) is 19.3 Å². The predicted octanol–water partition coefficient (Wildman–Crippen LogP) is 5.14. The number of aromatic carboxylic acids is 1. The summed E-state index contributed by atoms with van der Waals surface area (Å²) in [5.41, 5.74) is 5.24. The number of nitrogens with two attached hydrogens (primary N) is 1. The highest BCUT2D eigenvalue weighted by molar-refractivity contribution is 6.38. The third kappa shape index (κ3) is 12.8. The largest absolute Gasteiger partial charge is 0.478 e. The van der Waals surface area contributed by atoms with Crippen LogP contribution < -0.4 is 16.4 Å². The van der Waals surface area contributed by atoms with Gasteiger partial charge >= 0.3 is 5.97 Å². The van der Waals surface area contributed by atoms with Crippen LogP contribution in [0.4, 0.5) is 0 Å². The number of nitrogens with zero attached hydrogens (tertiary/aromatic N) is 1. The lowest BCUT2D eigenvalue weighted by Crippen LogP contribution is -2.55. The summed E-state index contributed by atoms with van der Waals surface area (Å²) in [6.45, 7) is 7.44. The zero-order chi connectivity index (χ0) is 42.7. The van der Waals surface area contributed by atoms with Crippen molar-refractivity contribution in [3.05, 3.63) is 70.2 Å². The average Bonchev–Trinajstić information content (AvgIpc) is 3.60. The zero-order valence-electron chi connectivity index (χ0n) is 33.6. The minimum atomic E-state index is -1.21. The minimum absolute atomic E-state index is 0.0576. The van der Waals surface area contributed by atoms with Crippen molar-refractivity contribution in [3.8, 4) is 0 Å². The van der Waals surface area contributed by atoms with Crippen molar-refractivity contribution in [2.75, 3.05) is 6.54 Å². The number of carboxylic acid groups (broad SMARTS) is 1. The van der Waals surface area contributed by atoms with Gasteiger partial charge < -0.3 is 31.1 Å². The first-order chi connectivity index (χ1) is 27.4. The Labute approximate surface area is 343 Å². The Balaban J connectivity index is 1.51. The summed E-state index contributed by atoms with van der Waals surface area (Å²) in [5.74, 6) is -7.15. The molecule has 1 saturated heterocycles. The molecule has 2 aromatic carbocycles. The van der Waals surface area contributed by atoms with Gasteiger partial charge in [0.1, 0.15) is 12.1 Å². The summed E-state index contributed by atoms with van der Waals surface area (Å²) >= 11 is 6.03. The summed E-state index contributed by atoms with van der Waals surface area (Å²) < 4.78 is 6.26. The van der Waals surface area contributed by atoms with Crippen LogP contribution in [-0.4, -0.2) is 87.3 Å². The molecule has 2 fully saturated rings. The van der Waals surface area contributed by atoms with E-state index >= 15 is 0 Å². The molecule has 58 heavy (non-hydrogen) atoms. The van der Waals surface area contributed by atoms with Crippen LogP contribution in [0.5, 0.6) is 0 Å². The number of amides is 4. The number of ketones is 3. The molecule has 0 aromatic heterocycles. The molecule has 0 radical (unpaired) electrons. The molecule has 314 valence electrons. The summed E-state index contributed by atoms with van der Waals surface area (Å²) in [6, 6.07) is 8.52. The number of halogens is 1. The molecule has 1 aliphatic heterocycles. The fourth-order valence-electron chi connectivity index (χ4n) is 7.85. The third-order valence-corrected chi connectivity index (χ3v) is 10.8. The first-order valence-electron chi connectivity index (χ1n) is 19.9. The Morgan fingerprint density at radius 2 is 1.60 bits per heavy atom. The number of benzene rings is 2. The van der Waals surface area contributed by atoms with Crippen LogP contribution in [0.1, 0.15) is 131 Å². The Morgan fingerprint density at radius 1 is 0.931 bits per heavy atom. The quantitative estimate of drug-likeness (QED) is 0.137. The molecule has 1 aliphatic carbocycles. The molecule has 1 saturated carbocycles. The maximum absolute atomic E-state index is 14.7. The summed E-state index contributed by atoms with van der Waals surface area (Å²) in [4.78, 5) is 107. The second-order valence-electron chi connectivity index (χ2n) is 16.2. The van der Waals surface area contributed by atoms with E-state index in [0.29, 0.717) is 29.8 Å². The van der Waals surface area contributed by atoms with Gasteiger partial charge in [-0.2, -0.15) is 0 Å². The Hall–Kier alpha value is -4.95. The van der Waals surface area contributed by atoms with Crippen molar-refractivity contribution >= 4 is 58.5 Å². The van der Waals surface area contributed by atoms with E-state index in [1.807, 2.05) is 27.7 Å². The maximum atomic E-state index is 14.7. The van der Waals surface area contributed by atoms with E-state index in [4.69, 9.17) is 22.1 Å². The molecular weight excluding hydrogens is 768 g/mol. The van der Waals surface area contributed by atoms with Gasteiger partial charge in [0.05, 0.1) is 23.3 Å². The van der Waals surface area contributed by atoms with Crippen LogP contribution in [-0.2, 0) is 33.5 Å². The van der Waals surface area contributed by atoms with E-state index in [1.165, 1.54) is 35.2 Å². The monoisotopic (exact) mass is 822 g/mol. The molecule has 5 N–H and O–H groups in total. The van der Waals surface area contributed by atoms with Gasteiger partial charge in [-0.15, -0.1) is 0 Å². The first kappa shape index (κ1) is 45.7. The SMILES string of the molecule is CCCC(CC(=O)[C@@H]1C[C@@H](OC(C)(C)C)CN1C(=O)[C@@H](NC(=O)c1cccc(C(=O)O)c1)C1CCCCC1)C(=O)C(=O)CCC(=O)NC(C(N)=O)c1cccc(Cl)c1. The molecule has 4 amide bonds. The fourth-order valence-corrected chi connectivity index (χ4v) is 8.04. The number of carbonyl (C=O) groups excluding carboxylic acids is 7. The number of ether oxygens (including phenoxy) is 1. The van der Waals surface area contributed by atoms with E-state index < -0.39 is 95.5 Å². The Bertz CT molecular complexity index is 1870. The molecule has 2 unspecified atom stereocenters. The van der Waals surface area contributed by atoms with Crippen LogP contribution in [0.15, 0.2) is 48.5 Å². The number of rotatable bonds is 19. The van der Waals surface area contributed by atoms with Crippen molar-refractivity contribution in [2.45, 2.75) is 128 Å². The van der Waals surface area contributed by atoms with Crippen molar-refractivity contribution < 1.29 is 48.2 Å². The number of hydrogen-bond acceptors (Lipinski definition) is 9. The molecular formula is C43H55ClN4O10. The zero-order valence-corrected chi connectivity index (χ0v) is 34.3. The van der Waals surface area contributed by atoms with Crippen LogP contribution in [0.3, 0.4) is 0 Å². The van der Waals surface area contributed by atoms with Crippen molar-refractivity contribution in [3.63, 3.8) is 0 Å². The van der Waals surface area contributed by atoms with E-state index in [9.17, 15) is 43.5 Å². The van der Waals surface area contributed by atoms with E-state index in [2.05, 4.69) is 10.6 Å². The van der Waals surface area contributed by atoms with Gasteiger partial charge in [-0.3, -0.25) is 33.6 Å². The van der Waals surface area contributed by atoms with Crippen LogP contribution >= 0.6 is 11.6 Å². The molecule has 4 rings (SSSR count). The highest BCUT2D eigenvalue weighted by Gasteiger charge is 2.46. The lowest BCUT2D eigenvalue weighted by Gasteiger charge is -2.35. The molecule has 1 heterocycles. The lowest BCUT2D eigenvalue weighted by molar-refractivity contribution is -0.143. The average molecular weight is 823 g/mol. The summed E-state index contributed by atoms with van der Waals surface area (Å²) in [7, 11) is 0. The highest BCUT2D eigenvalue weighted by atomic mass is 35.5. The third-order valence-electron chi connectivity index (χ3n) is 10.6. The molecule has 5 atom stereocenters. The second kappa shape index (κ2) is 20.6. The number of carboxylic acids is 1. The number of primary amides is 1. The molecule has 15 heteroatoms. The molecule has 2 aliphatic rings. The molecule has 0 bridgehead atoms. The van der Waals surface area contributed by atoms with Crippen molar-refractivity contribution in [1.82, 2.24) is 15.5 Å². The van der Waals surface area contributed by atoms with Gasteiger partial charge in [0, 0.05) is 48.7 Å².